The lowest BCUT2D eigenvalue weighted by atomic mass is 10.2. The van der Waals surface area contributed by atoms with Crippen molar-refractivity contribution in [3.05, 3.63) is 12.7 Å². The minimum atomic E-state index is -0.419. The quantitative estimate of drug-likeness (QED) is 0.501. The molecule has 1 aliphatic rings. The fourth-order valence-corrected chi connectivity index (χ4v) is 1.81. The maximum absolute atomic E-state index is 11.3. The van der Waals surface area contributed by atoms with Gasteiger partial charge in [-0.25, -0.2) is 0 Å². The standard InChI is InChI=1S/C12H21N3O2/c1-2-11(16)14-12(17)5-3-4-8-15-9-6-13-7-10-15/h2,13H,1,3-10H2,(H,14,16,17). The third kappa shape index (κ3) is 6.19. The Balaban J connectivity index is 2.01. The predicted molar refractivity (Wildman–Crippen MR) is 66.5 cm³/mol. The number of nitrogens with zero attached hydrogens (tertiary/aromatic N) is 1. The summed E-state index contributed by atoms with van der Waals surface area (Å²) in [4.78, 5) is 24.5. The van der Waals surface area contributed by atoms with Gasteiger partial charge in [-0.15, -0.1) is 0 Å². The van der Waals surface area contributed by atoms with Gasteiger partial charge in [-0.2, -0.15) is 0 Å². The number of amides is 2. The van der Waals surface area contributed by atoms with Gasteiger partial charge in [0.15, 0.2) is 0 Å². The molecule has 1 rings (SSSR count). The van der Waals surface area contributed by atoms with Crippen LogP contribution in [0.4, 0.5) is 0 Å². The summed E-state index contributed by atoms with van der Waals surface area (Å²) in [7, 11) is 0. The second-order valence-corrected chi connectivity index (χ2v) is 4.17. The highest BCUT2D eigenvalue weighted by Crippen LogP contribution is 2.00. The Labute approximate surface area is 102 Å². The van der Waals surface area contributed by atoms with Crippen LogP contribution in [-0.4, -0.2) is 49.4 Å². The number of hydrogen-bond donors (Lipinski definition) is 2. The van der Waals surface area contributed by atoms with Crippen molar-refractivity contribution in [1.29, 1.82) is 0 Å². The van der Waals surface area contributed by atoms with E-state index in [0.29, 0.717) is 6.42 Å². The molecule has 17 heavy (non-hydrogen) atoms. The molecule has 0 aromatic heterocycles. The number of nitrogens with one attached hydrogen (secondary N) is 2. The summed E-state index contributed by atoms with van der Waals surface area (Å²) in [6, 6.07) is 0. The molecular formula is C12H21N3O2. The van der Waals surface area contributed by atoms with Crippen LogP contribution < -0.4 is 10.6 Å². The first-order valence-electron chi connectivity index (χ1n) is 6.11. The Morgan fingerprint density at radius 3 is 2.65 bits per heavy atom. The molecule has 0 radical (unpaired) electrons. The topological polar surface area (TPSA) is 61.4 Å². The molecule has 5 heteroatoms. The van der Waals surface area contributed by atoms with Crippen molar-refractivity contribution in [3.63, 3.8) is 0 Å². The summed E-state index contributed by atoms with van der Waals surface area (Å²) in [6.07, 6.45) is 3.33. The minimum absolute atomic E-state index is 0.213. The molecule has 1 aliphatic heterocycles. The molecule has 0 bridgehead atoms. The van der Waals surface area contributed by atoms with Crippen LogP contribution in [0.25, 0.3) is 0 Å². The zero-order chi connectivity index (χ0) is 12.5. The molecule has 2 amide bonds. The van der Waals surface area contributed by atoms with Crippen LogP contribution in [0.2, 0.25) is 0 Å². The Morgan fingerprint density at radius 1 is 1.29 bits per heavy atom. The first-order valence-corrected chi connectivity index (χ1v) is 6.11. The van der Waals surface area contributed by atoms with E-state index in [4.69, 9.17) is 0 Å². The fourth-order valence-electron chi connectivity index (χ4n) is 1.81. The van der Waals surface area contributed by atoms with Gasteiger partial charge in [-0.3, -0.25) is 14.9 Å². The van der Waals surface area contributed by atoms with Crippen LogP contribution in [0.1, 0.15) is 19.3 Å². The molecule has 1 fully saturated rings. The molecule has 0 saturated carbocycles. The molecule has 2 N–H and O–H groups in total. The molecule has 0 atom stereocenters. The zero-order valence-corrected chi connectivity index (χ0v) is 10.2. The highest BCUT2D eigenvalue weighted by Gasteiger charge is 2.09. The van der Waals surface area contributed by atoms with Crippen LogP contribution in [0, 0.1) is 0 Å². The molecule has 1 heterocycles. The number of unbranched alkanes of at least 4 members (excludes halogenated alkanes) is 1. The second-order valence-electron chi connectivity index (χ2n) is 4.17. The average molecular weight is 239 g/mol. The minimum Gasteiger partial charge on any atom is -0.314 e. The van der Waals surface area contributed by atoms with Gasteiger partial charge in [-0.1, -0.05) is 6.58 Å². The van der Waals surface area contributed by atoms with Crippen LogP contribution in [0.5, 0.6) is 0 Å². The van der Waals surface area contributed by atoms with Crippen LogP contribution >= 0.6 is 0 Å². The van der Waals surface area contributed by atoms with Crippen molar-refractivity contribution in [3.8, 4) is 0 Å². The van der Waals surface area contributed by atoms with Gasteiger partial charge in [0.05, 0.1) is 0 Å². The number of rotatable bonds is 6. The van der Waals surface area contributed by atoms with Crippen LogP contribution in [-0.2, 0) is 9.59 Å². The lowest BCUT2D eigenvalue weighted by Gasteiger charge is -2.26. The zero-order valence-electron chi connectivity index (χ0n) is 10.2. The SMILES string of the molecule is C=CC(=O)NC(=O)CCCCN1CCNCC1. The van der Waals surface area contributed by atoms with Gasteiger partial charge in [0.1, 0.15) is 0 Å². The van der Waals surface area contributed by atoms with Gasteiger partial charge in [0, 0.05) is 32.6 Å². The van der Waals surface area contributed by atoms with Crippen molar-refractivity contribution in [2.45, 2.75) is 19.3 Å². The van der Waals surface area contributed by atoms with Gasteiger partial charge >= 0.3 is 0 Å². The highest BCUT2D eigenvalue weighted by molar-refractivity contribution is 6.00. The summed E-state index contributed by atoms with van der Waals surface area (Å²) in [5.41, 5.74) is 0. The molecule has 1 saturated heterocycles. The van der Waals surface area contributed by atoms with Crippen molar-refractivity contribution in [2.24, 2.45) is 0 Å². The third-order valence-electron chi connectivity index (χ3n) is 2.79. The van der Waals surface area contributed by atoms with Crippen molar-refractivity contribution >= 4 is 11.8 Å². The summed E-state index contributed by atoms with van der Waals surface area (Å²) in [5.74, 6) is -0.632. The molecule has 0 aromatic carbocycles. The first-order chi connectivity index (χ1) is 8.22. The maximum Gasteiger partial charge on any atom is 0.249 e. The van der Waals surface area contributed by atoms with E-state index in [1.165, 1.54) is 0 Å². The average Bonchev–Trinajstić information content (AvgIpc) is 2.36. The number of hydrogen-bond acceptors (Lipinski definition) is 4. The first kappa shape index (κ1) is 13.9. The summed E-state index contributed by atoms with van der Waals surface area (Å²) in [6.45, 7) is 8.60. The van der Waals surface area contributed by atoms with E-state index in [2.05, 4.69) is 22.1 Å². The molecular weight excluding hydrogens is 218 g/mol. The molecule has 0 unspecified atom stereocenters. The number of carbonyl (C=O) groups excluding carboxylic acids is 2. The molecule has 0 aromatic rings. The van der Waals surface area contributed by atoms with E-state index >= 15 is 0 Å². The van der Waals surface area contributed by atoms with E-state index in [1.54, 1.807) is 0 Å². The summed E-state index contributed by atoms with van der Waals surface area (Å²) in [5, 5.41) is 5.55. The van der Waals surface area contributed by atoms with E-state index in [9.17, 15) is 9.59 Å². The van der Waals surface area contributed by atoms with Crippen molar-refractivity contribution in [2.75, 3.05) is 32.7 Å². The monoisotopic (exact) mass is 239 g/mol. The van der Waals surface area contributed by atoms with Crippen LogP contribution in [0.3, 0.4) is 0 Å². The summed E-state index contributed by atoms with van der Waals surface area (Å²) >= 11 is 0. The number of imide groups is 1. The maximum atomic E-state index is 11.3. The third-order valence-corrected chi connectivity index (χ3v) is 2.79. The Hall–Kier alpha value is -1.20. The van der Waals surface area contributed by atoms with E-state index < -0.39 is 5.91 Å². The van der Waals surface area contributed by atoms with Gasteiger partial charge in [0.2, 0.25) is 11.8 Å². The highest BCUT2D eigenvalue weighted by atomic mass is 16.2. The molecule has 5 nitrogen and oxygen atoms in total. The Morgan fingerprint density at radius 2 is 2.00 bits per heavy atom. The normalized spacial score (nSPS) is 16.5. The Kier molecular flexibility index (Phi) is 6.50. The van der Waals surface area contributed by atoms with Crippen molar-refractivity contribution < 1.29 is 9.59 Å². The van der Waals surface area contributed by atoms with Gasteiger partial charge in [-0.05, 0) is 25.5 Å². The van der Waals surface area contributed by atoms with Gasteiger partial charge in [0.25, 0.3) is 0 Å². The van der Waals surface area contributed by atoms with Crippen LogP contribution in [0.15, 0.2) is 12.7 Å². The Bertz CT molecular complexity index is 273. The lowest BCUT2D eigenvalue weighted by Crippen LogP contribution is -2.43. The molecule has 0 aliphatic carbocycles. The molecule has 96 valence electrons. The molecule has 0 spiro atoms. The number of piperazine rings is 1. The second kappa shape index (κ2) is 7.97. The van der Waals surface area contributed by atoms with E-state index in [-0.39, 0.29) is 5.91 Å². The fraction of sp³-hybridized carbons (Fsp3) is 0.667. The smallest absolute Gasteiger partial charge is 0.249 e. The summed E-state index contributed by atoms with van der Waals surface area (Å²) < 4.78 is 0. The number of carbonyl (C=O) groups is 2. The predicted octanol–water partition coefficient (Wildman–Crippen LogP) is -0.109. The van der Waals surface area contributed by atoms with Gasteiger partial charge < -0.3 is 10.2 Å². The largest absolute Gasteiger partial charge is 0.314 e. The lowest BCUT2D eigenvalue weighted by molar-refractivity contribution is -0.128. The van der Waals surface area contributed by atoms with E-state index in [1.807, 2.05) is 0 Å². The van der Waals surface area contributed by atoms with E-state index in [0.717, 1.165) is 51.6 Å². The van der Waals surface area contributed by atoms with Crippen molar-refractivity contribution in [1.82, 2.24) is 15.5 Å².